The van der Waals surface area contributed by atoms with Crippen molar-refractivity contribution in [3.63, 3.8) is 0 Å². The van der Waals surface area contributed by atoms with Crippen LogP contribution >= 0.6 is 0 Å². The van der Waals surface area contributed by atoms with E-state index in [1.165, 1.54) is 0 Å². The van der Waals surface area contributed by atoms with Gasteiger partial charge in [0.1, 0.15) is 5.84 Å². The number of benzene rings is 1. The summed E-state index contributed by atoms with van der Waals surface area (Å²) in [7, 11) is 0. The Morgan fingerprint density at radius 3 is 2.50 bits per heavy atom. The number of hydrogen-bond donors (Lipinski definition) is 3. The minimum Gasteiger partial charge on any atom is -0.390 e. The molecule has 2 rings (SSSR count). The highest BCUT2D eigenvalue weighted by Crippen LogP contribution is 2.27. The van der Waals surface area contributed by atoms with Crippen LogP contribution in [0.3, 0.4) is 0 Å². The Morgan fingerprint density at radius 1 is 1.39 bits per heavy atom. The molecule has 0 atom stereocenters. The lowest BCUT2D eigenvalue weighted by Gasteiger charge is -2.37. The molecule has 0 radical (unpaired) electrons. The molecule has 4 N–H and O–H groups in total. The molecule has 0 spiro atoms. The van der Waals surface area contributed by atoms with Crippen LogP contribution < -0.4 is 10.6 Å². The number of nitrogens with two attached hydrogens (primary N) is 1. The van der Waals surface area contributed by atoms with E-state index < -0.39 is 5.60 Å². The lowest BCUT2D eigenvalue weighted by Crippen LogP contribution is -2.42. The normalized spacial score (nSPS) is 18.7. The first kappa shape index (κ1) is 12.9. The zero-order valence-electron chi connectivity index (χ0n) is 11.0. The first-order valence-electron chi connectivity index (χ1n) is 6.31. The van der Waals surface area contributed by atoms with Crippen molar-refractivity contribution in [2.24, 2.45) is 5.73 Å². The molecule has 1 saturated heterocycles. The van der Waals surface area contributed by atoms with Crippen molar-refractivity contribution in [2.45, 2.75) is 32.3 Å². The molecule has 4 heteroatoms. The van der Waals surface area contributed by atoms with E-state index in [9.17, 15) is 5.11 Å². The fraction of sp³-hybridized carbons (Fsp3) is 0.500. The van der Waals surface area contributed by atoms with Gasteiger partial charge < -0.3 is 15.7 Å². The average molecular weight is 247 g/mol. The van der Waals surface area contributed by atoms with Crippen molar-refractivity contribution in [2.75, 3.05) is 18.0 Å². The Balaban J connectivity index is 2.16. The van der Waals surface area contributed by atoms with Gasteiger partial charge in [-0.25, -0.2) is 0 Å². The number of aliphatic hydroxyl groups is 1. The van der Waals surface area contributed by atoms with Crippen molar-refractivity contribution in [1.82, 2.24) is 0 Å². The molecule has 0 aliphatic carbocycles. The molecule has 0 unspecified atom stereocenters. The molecule has 0 aromatic heterocycles. The quantitative estimate of drug-likeness (QED) is 0.549. The fourth-order valence-corrected chi connectivity index (χ4v) is 2.39. The number of amidine groups is 1. The van der Waals surface area contributed by atoms with E-state index in [1.807, 2.05) is 26.0 Å². The van der Waals surface area contributed by atoms with Crippen molar-refractivity contribution in [3.05, 3.63) is 29.3 Å². The van der Waals surface area contributed by atoms with Gasteiger partial charge in [0.05, 0.1) is 5.60 Å². The Hall–Kier alpha value is -1.55. The van der Waals surface area contributed by atoms with E-state index in [1.54, 1.807) is 0 Å². The number of nitrogens with zero attached hydrogens (tertiary/aromatic N) is 1. The zero-order chi connectivity index (χ0) is 13.3. The first-order valence-corrected chi connectivity index (χ1v) is 6.31. The predicted molar refractivity (Wildman–Crippen MR) is 74.3 cm³/mol. The molecule has 0 saturated carbocycles. The summed E-state index contributed by atoms with van der Waals surface area (Å²) >= 11 is 0. The summed E-state index contributed by atoms with van der Waals surface area (Å²) in [4.78, 5) is 2.27. The van der Waals surface area contributed by atoms with E-state index >= 15 is 0 Å². The van der Waals surface area contributed by atoms with E-state index in [4.69, 9.17) is 11.1 Å². The van der Waals surface area contributed by atoms with Gasteiger partial charge in [-0.3, -0.25) is 5.41 Å². The average Bonchev–Trinajstić information content (AvgIpc) is 2.28. The number of aryl methyl sites for hydroxylation is 1. The van der Waals surface area contributed by atoms with Gasteiger partial charge in [-0.15, -0.1) is 0 Å². The van der Waals surface area contributed by atoms with Gasteiger partial charge in [-0.05, 0) is 50.5 Å². The number of rotatable bonds is 2. The molecule has 1 heterocycles. The maximum absolute atomic E-state index is 9.94. The Morgan fingerprint density at radius 2 is 2.00 bits per heavy atom. The summed E-state index contributed by atoms with van der Waals surface area (Å²) < 4.78 is 0. The number of anilines is 1. The third-order valence-corrected chi connectivity index (χ3v) is 3.71. The highest BCUT2D eigenvalue weighted by atomic mass is 16.3. The van der Waals surface area contributed by atoms with Gasteiger partial charge in [0, 0.05) is 24.3 Å². The second-order valence-electron chi connectivity index (χ2n) is 5.40. The molecule has 1 fully saturated rings. The molecule has 1 aromatic carbocycles. The first-order chi connectivity index (χ1) is 8.39. The monoisotopic (exact) mass is 247 g/mol. The molecular formula is C14H21N3O. The third kappa shape index (κ3) is 2.64. The largest absolute Gasteiger partial charge is 0.390 e. The molecule has 98 valence electrons. The summed E-state index contributed by atoms with van der Waals surface area (Å²) in [6.07, 6.45) is 1.58. The Bertz CT molecular complexity index is 458. The second-order valence-corrected chi connectivity index (χ2v) is 5.40. The summed E-state index contributed by atoms with van der Waals surface area (Å²) in [5.41, 5.74) is 7.96. The SMILES string of the molecule is Cc1cc(N2CCC(C)(O)CC2)ccc1C(=N)N. The molecule has 1 aliphatic heterocycles. The lowest BCUT2D eigenvalue weighted by molar-refractivity contribution is 0.0351. The summed E-state index contributed by atoms with van der Waals surface area (Å²) in [6.45, 7) is 5.60. The van der Waals surface area contributed by atoms with Crippen molar-refractivity contribution < 1.29 is 5.11 Å². The number of piperidine rings is 1. The second kappa shape index (κ2) is 4.61. The van der Waals surface area contributed by atoms with Crippen LogP contribution in [0, 0.1) is 12.3 Å². The van der Waals surface area contributed by atoms with Crippen LogP contribution in [0.2, 0.25) is 0 Å². The maximum Gasteiger partial charge on any atom is 0.123 e. The molecule has 1 aliphatic rings. The van der Waals surface area contributed by atoms with Crippen LogP contribution in [-0.4, -0.2) is 29.6 Å². The number of hydrogen-bond acceptors (Lipinski definition) is 3. The van der Waals surface area contributed by atoms with Crippen molar-refractivity contribution in [1.29, 1.82) is 5.41 Å². The standard InChI is InChI=1S/C14H21N3O/c1-10-9-11(3-4-12(10)13(15)16)17-7-5-14(2,18)6-8-17/h3-4,9,18H,5-8H2,1-2H3,(H3,15,16). The van der Waals surface area contributed by atoms with Gasteiger partial charge in [0.2, 0.25) is 0 Å². The van der Waals surface area contributed by atoms with Crippen LogP contribution in [0.15, 0.2) is 18.2 Å². The molecule has 18 heavy (non-hydrogen) atoms. The molecule has 0 bridgehead atoms. The van der Waals surface area contributed by atoms with Gasteiger partial charge in [0.15, 0.2) is 0 Å². The van der Waals surface area contributed by atoms with Gasteiger partial charge in [-0.1, -0.05) is 0 Å². The van der Waals surface area contributed by atoms with Gasteiger partial charge in [0.25, 0.3) is 0 Å². The van der Waals surface area contributed by atoms with Crippen molar-refractivity contribution in [3.8, 4) is 0 Å². The number of nitrogens with one attached hydrogen (secondary N) is 1. The summed E-state index contributed by atoms with van der Waals surface area (Å²) in [5, 5.41) is 17.4. The summed E-state index contributed by atoms with van der Waals surface area (Å²) in [5.74, 6) is 0.112. The molecule has 1 aromatic rings. The highest BCUT2D eigenvalue weighted by Gasteiger charge is 2.27. The Labute approximate surface area is 108 Å². The van der Waals surface area contributed by atoms with E-state index in [2.05, 4.69) is 11.0 Å². The van der Waals surface area contributed by atoms with Gasteiger partial charge >= 0.3 is 0 Å². The highest BCUT2D eigenvalue weighted by molar-refractivity contribution is 5.96. The zero-order valence-corrected chi connectivity index (χ0v) is 11.0. The lowest BCUT2D eigenvalue weighted by atomic mass is 9.93. The molecule has 4 nitrogen and oxygen atoms in total. The van der Waals surface area contributed by atoms with Crippen LogP contribution in [-0.2, 0) is 0 Å². The van der Waals surface area contributed by atoms with Crippen molar-refractivity contribution >= 4 is 11.5 Å². The predicted octanol–water partition coefficient (Wildman–Crippen LogP) is 1.63. The van der Waals surface area contributed by atoms with E-state index in [0.717, 1.165) is 42.7 Å². The van der Waals surface area contributed by atoms with E-state index in [-0.39, 0.29) is 5.84 Å². The van der Waals surface area contributed by atoms with Gasteiger partial charge in [-0.2, -0.15) is 0 Å². The minimum absolute atomic E-state index is 0.112. The third-order valence-electron chi connectivity index (χ3n) is 3.71. The van der Waals surface area contributed by atoms with E-state index in [0.29, 0.717) is 0 Å². The number of nitrogen functional groups attached to an aromatic ring is 1. The topological polar surface area (TPSA) is 73.3 Å². The smallest absolute Gasteiger partial charge is 0.123 e. The van der Waals surface area contributed by atoms with Crippen LogP contribution in [0.1, 0.15) is 30.9 Å². The molecular weight excluding hydrogens is 226 g/mol. The van der Waals surface area contributed by atoms with Crippen LogP contribution in [0.4, 0.5) is 5.69 Å². The van der Waals surface area contributed by atoms with Crippen LogP contribution in [0.25, 0.3) is 0 Å². The minimum atomic E-state index is -0.523. The molecule has 0 amide bonds. The Kier molecular flexibility index (Phi) is 3.30. The maximum atomic E-state index is 9.94. The summed E-state index contributed by atoms with van der Waals surface area (Å²) in [6, 6.07) is 5.97. The van der Waals surface area contributed by atoms with Crippen LogP contribution in [0.5, 0.6) is 0 Å². The fourth-order valence-electron chi connectivity index (χ4n) is 2.39.